The Bertz CT molecular complexity index is 1880. The number of carboxylic acids is 1. The van der Waals surface area contributed by atoms with Crippen molar-refractivity contribution in [1.29, 1.82) is 0 Å². The number of aromatic nitrogens is 4. The maximum atomic E-state index is 12.1. The summed E-state index contributed by atoms with van der Waals surface area (Å²) in [6.07, 6.45) is 2.85. The van der Waals surface area contributed by atoms with Crippen molar-refractivity contribution >= 4 is 56.3 Å². The van der Waals surface area contributed by atoms with E-state index in [1.54, 1.807) is 0 Å². The molecule has 3 N–H and O–H groups in total. The number of esters is 1. The largest absolute Gasteiger partial charge is 0.481 e. The Morgan fingerprint density at radius 2 is 1.20 bits per heavy atom. The van der Waals surface area contributed by atoms with Crippen LogP contribution in [0.15, 0.2) is 24.3 Å². The van der Waals surface area contributed by atoms with Gasteiger partial charge in [-0.2, -0.15) is 0 Å². The number of carbonyl (C=O) groups is 2. The number of carbonyl (C=O) groups excluding carboxylic acids is 1. The van der Waals surface area contributed by atoms with Gasteiger partial charge in [0.05, 0.1) is 29.9 Å². The molecular weight excluding hydrogens is 735 g/mol. The minimum atomic E-state index is -0.849. The van der Waals surface area contributed by atoms with E-state index in [0.29, 0.717) is 12.8 Å². The summed E-state index contributed by atoms with van der Waals surface area (Å²) in [5, 5.41) is 9.50. The van der Waals surface area contributed by atoms with Gasteiger partial charge < -0.3 is 19.8 Å². The molecule has 5 rings (SSSR count). The van der Waals surface area contributed by atoms with Crippen LogP contribution in [0.25, 0.3) is 44.4 Å². The summed E-state index contributed by atoms with van der Waals surface area (Å²) in [6, 6.07) is 8.32. The fourth-order valence-corrected chi connectivity index (χ4v) is 6.32. The third-order valence-corrected chi connectivity index (χ3v) is 8.90. The number of aliphatic carboxylic acids is 1. The monoisotopic (exact) mass is 775 g/mol. The fourth-order valence-electron chi connectivity index (χ4n) is 6.32. The molecule has 3 aromatic rings. The molecule has 0 spiro atoms. The van der Waals surface area contributed by atoms with Crippen molar-refractivity contribution in [3.8, 4) is 0 Å². The van der Waals surface area contributed by atoms with Crippen LogP contribution in [-0.4, -0.2) is 44.1 Å². The van der Waals surface area contributed by atoms with Gasteiger partial charge in [0.15, 0.2) is 0 Å². The van der Waals surface area contributed by atoms with E-state index in [4.69, 9.17) is 14.7 Å². The number of ether oxygens (including phenoxy) is 1. The van der Waals surface area contributed by atoms with Crippen LogP contribution < -0.4 is 0 Å². The number of aromatic amines is 2. The number of hydrogen-bond acceptors (Lipinski definition) is 5. The summed E-state index contributed by atoms with van der Waals surface area (Å²) in [7, 11) is 1.40. The number of nitrogens with zero attached hydrogens (tertiary/aromatic N) is 2. The smallest absolute Gasteiger partial charge is 0.305 e. The Balaban J connectivity index is 0.00000442. The normalized spacial score (nSPS) is 12.9. The number of nitrogens with one attached hydrogen (secondary N) is 2. The molecule has 0 aliphatic carbocycles. The van der Waals surface area contributed by atoms with E-state index in [9.17, 15) is 14.7 Å². The number of H-pyrrole nitrogens is 2. The van der Waals surface area contributed by atoms with E-state index in [1.165, 1.54) is 23.8 Å². The summed E-state index contributed by atoms with van der Waals surface area (Å²) in [5.41, 5.74) is 15.9. The summed E-state index contributed by atoms with van der Waals surface area (Å²) in [4.78, 5) is 41.1. The molecule has 9 heteroatoms. The van der Waals surface area contributed by atoms with Gasteiger partial charge >= 0.3 is 11.9 Å². The predicted molar refractivity (Wildman–Crippen MR) is 172 cm³/mol. The number of allylic oxidation sites excluding steroid dienone is 4. The van der Waals surface area contributed by atoms with Gasteiger partial charge in [-0.25, -0.2) is 9.97 Å². The molecule has 2 aliphatic heterocycles. The Labute approximate surface area is 272 Å². The number of aryl methyl sites for hydroxylation is 4. The molecule has 0 fully saturated rings. The minimum Gasteiger partial charge on any atom is -0.481 e. The van der Waals surface area contributed by atoms with Crippen LogP contribution in [0.3, 0.4) is 0 Å². The van der Waals surface area contributed by atoms with Crippen molar-refractivity contribution in [3.05, 3.63) is 69.3 Å². The molecule has 0 saturated heterocycles. The Kier molecular flexibility index (Phi) is 10.1. The zero-order chi connectivity index (χ0) is 31.0. The molecule has 0 radical (unpaired) electrons. The Morgan fingerprint density at radius 3 is 1.73 bits per heavy atom. The third-order valence-electron chi connectivity index (χ3n) is 8.90. The van der Waals surface area contributed by atoms with Crippen LogP contribution in [0, 0.1) is 13.8 Å². The van der Waals surface area contributed by atoms with Gasteiger partial charge in [0, 0.05) is 56.0 Å². The molecule has 0 amide bonds. The quantitative estimate of drug-likeness (QED) is 0.202. The van der Waals surface area contributed by atoms with Gasteiger partial charge in [0.25, 0.3) is 0 Å². The van der Waals surface area contributed by atoms with E-state index >= 15 is 0 Å². The van der Waals surface area contributed by atoms with Gasteiger partial charge in [0.2, 0.25) is 0 Å². The number of carboxylic acid groups (broad SMARTS) is 1. The van der Waals surface area contributed by atoms with Crippen LogP contribution >= 0.6 is 0 Å². The van der Waals surface area contributed by atoms with Crippen LogP contribution in [0.5, 0.6) is 0 Å². The molecule has 8 bridgehead atoms. The van der Waals surface area contributed by atoms with Crippen LogP contribution in [0.1, 0.15) is 98.4 Å². The standard InChI is InChI=1S/C35H40N4O4.Pt/c1-8-22-18(3)26-14-28-20(5)24(10-12-34(40)41)32(38-28)17-33-25(11-13-35(42)43-7)21(6)29(39-33)15-27-19(4)23(9-2)31(37-27)16-30(22)36-26;/h14-17,36,39H,8-13H2,1-7H3,(H,40,41);. The van der Waals surface area contributed by atoms with E-state index < -0.39 is 5.97 Å². The average Bonchev–Trinajstić information content (AvgIpc) is 3.63. The first-order valence-corrected chi connectivity index (χ1v) is 15.0. The molecule has 234 valence electrons. The zero-order valence-corrected chi connectivity index (χ0v) is 28.7. The first-order valence-electron chi connectivity index (χ1n) is 15.0. The Hall–Kier alpha value is -3.77. The number of hydrogen-bond donors (Lipinski definition) is 3. The van der Waals surface area contributed by atoms with E-state index in [2.05, 4.69) is 62.8 Å². The third kappa shape index (κ3) is 6.23. The average molecular weight is 776 g/mol. The molecule has 0 saturated carbocycles. The molecule has 3 aromatic heterocycles. The molecule has 44 heavy (non-hydrogen) atoms. The fraction of sp³-hybridized carbons (Fsp3) is 0.371. The van der Waals surface area contributed by atoms with Crippen LogP contribution in [0.4, 0.5) is 0 Å². The van der Waals surface area contributed by atoms with Gasteiger partial charge in [-0.15, -0.1) is 0 Å². The predicted octanol–water partition coefficient (Wildman–Crippen LogP) is 7.73. The first kappa shape index (κ1) is 33.1. The van der Waals surface area contributed by atoms with Crippen LogP contribution in [0.2, 0.25) is 0 Å². The number of fused-ring (bicyclic) bond motifs is 8. The number of rotatable bonds is 8. The zero-order valence-electron chi connectivity index (χ0n) is 26.4. The molecule has 2 aliphatic rings. The molecule has 0 atom stereocenters. The van der Waals surface area contributed by atoms with Gasteiger partial charge in [-0.3, -0.25) is 9.59 Å². The summed E-state index contributed by atoms with van der Waals surface area (Å²) >= 11 is 0. The molecule has 8 nitrogen and oxygen atoms in total. The second-order valence-corrected chi connectivity index (χ2v) is 11.3. The number of methoxy groups -OCH3 is 1. The molecule has 5 heterocycles. The second-order valence-electron chi connectivity index (χ2n) is 11.3. The summed E-state index contributed by atoms with van der Waals surface area (Å²) in [5.74, 6) is -1.12. The first-order chi connectivity index (χ1) is 20.6. The van der Waals surface area contributed by atoms with Crippen molar-refractivity contribution < 1.29 is 40.5 Å². The summed E-state index contributed by atoms with van der Waals surface area (Å²) in [6.45, 7) is 12.6. The van der Waals surface area contributed by atoms with Crippen molar-refractivity contribution in [2.24, 2.45) is 0 Å². The van der Waals surface area contributed by atoms with Crippen molar-refractivity contribution in [2.75, 3.05) is 7.11 Å². The van der Waals surface area contributed by atoms with E-state index in [0.717, 1.165) is 85.5 Å². The van der Waals surface area contributed by atoms with Gasteiger partial charge in [0.1, 0.15) is 0 Å². The Morgan fingerprint density at radius 1 is 0.705 bits per heavy atom. The van der Waals surface area contributed by atoms with Gasteiger partial charge in [-0.1, -0.05) is 13.8 Å². The van der Waals surface area contributed by atoms with Crippen molar-refractivity contribution in [3.63, 3.8) is 0 Å². The maximum Gasteiger partial charge on any atom is 0.305 e. The SMILES string of the molecule is CCC1=C(C)c2cc3[nH]c(cc4nc(cc5[nH]c(cc1n2)c(CC)c5C)C(C)=C4CCC(=O)O)c(CCC(=O)OC)c3C.[Pt]. The second kappa shape index (κ2) is 13.5. The summed E-state index contributed by atoms with van der Waals surface area (Å²) < 4.78 is 4.94. The van der Waals surface area contributed by atoms with E-state index in [-0.39, 0.29) is 39.9 Å². The minimum absolute atomic E-state index is 0. The van der Waals surface area contributed by atoms with Crippen molar-refractivity contribution in [1.82, 2.24) is 19.9 Å². The maximum absolute atomic E-state index is 12.1. The van der Waals surface area contributed by atoms with Gasteiger partial charge in [-0.05, 0) is 122 Å². The molecule has 0 unspecified atom stereocenters. The topological polar surface area (TPSA) is 121 Å². The van der Waals surface area contributed by atoms with Crippen molar-refractivity contribution in [2.45, 2.75) is 80.1 Å². The molecule has 0 aromatic carbocycles. The van der Waals surface area contributed by atoms with E-state index in [1.807, 2.05) is 13.0 Å². The molecular formula is C35H40N4O4Pt. The van der Waals surface area contributed by atoms with Crippen LogP contribution in [-0.2, 0) is 48.2 Å².